The number of anilines is 1. The number of imide groups is 1. The number of carbonyl (C=O) groups excluding carboxylic acids is 4. The van der Waals surface area contributed by atoms with E-state index in [2.05, 4.69) is 0 Å². The van der Waals surface area contributed by atoms with Gasteiger partial charge in [-0.2, -0.15) is 0 Å². The highest BCUT2D eigenvalue weighted by Gasteiger charge is 2.32. The number of carbonyl (C=O) groups is 4. The summed E-state index contributed by atoms with van der Waals surface area (Å²) in [5, 5.41) is 0. The molecule has 2 saturated heterocycles. The zero-order valence-corrected chi connectivity index (χ0v) is 18.5. The first-order chi connectivity index (χ1) is 16.5. The Morgan fingerprint density at radius 1 is 0.971 bits per heavy atom. The van der Waals surface area contributed by atoms with Crippen molar-refractivity contribution >= 4 is 29.4 Å². The summed E-state index contributed by atoms with van der Waals surface area (Å²) in [5.41, 5.74) is 1.45. The quantitative estimate of drug-likeness (QED) is 0.495. The molecule has 3 heterocycles. The van der Waals surface area contributed by atoms with Crippen LogP contribution in [0.1, 0.15) is 47.6 Å². The van der Waals surface area contributed by atoms with E-state index < -0.39 is 12.6 Å². The van der Waals surface area contributed by atoms with Crippen molar-refractivity contribution in [3.63, 3.8) is 0 Å². The number of likely N-dealkylation sites (tertiary alicyclic amines) is 1. The number of nitrogens with zero attached hydrogens (tertiary/aromatic N) is 2. The van der Waals surface area contributed by atoms with Crippen LogP contribution in [0.5, 0.6) is 11.5 Å². The molecule has 1 atom stereocenters. The smallest absolute Gasteiger partial charge is 0.338 e. The van der Waals surface area contributed by atoms with Crippen LogP contribution in [0.25, 0.3) is 0 Å². The van der Waals surface area contributed by atoms with E-state index in [9.17, 15) is 19.2 Å². The van der Waals surface area contributed by atoms with E-state index in [1.165, 1.54) is 12.1 Å². The average Bonchev–Trinajstić information content (AvgIpc) is 3.48. The van der Waals surface area contributed by atoms with Gasteiger partial charge in [0.1, 0.15) is 13.2 Å². The summed E-state index contributed by atoms with van der Waals surface area (Å²) in [6.07, 6.45) is 1.96. The number of rotatable bonds is 5. The standard InChI is InChI=1S/C25H24N2O7/c28-22-8-9-23(29)27(22)18-4-1-3-17(13-18)25(31)34-15-24(30)26-10-2-5-19(26)16-6-7-20-21(14-16)33-12-11-32-20/h1,3-4,6-7,13-14,19H,2,5,8-12,15H2. The van der Waals surface area contributed by atoms with Crippen molar-refractivity contribution in [1.82, 2.24) is 4.90 Å². The fourth-order valence-corrected chi connectivity index (χ4v) is 4.61. The van der Waals surface area contributed by atoms with Crippen LogP contribution in [0.2, 0.25) is 0 Å². The first-order valence-corrected chi connectivity index (χ1v) is 11.3. The van der Waals surface area contributed by atoms with E-state index in [0.717, 1.165) is 23.3 Å². The molecule has 176 valence electrons. The van der Waals surface area contributed by atoms with Gasteiger partial charge in [-0.3, -0.25) is 19.3 Å². The summed E-state index contributed by atoms with van der Waals surface area (Å²) < 4.78 is 16.5. The molecule has 0 spiro atoms. The van der Waals surface area contributed by atoms with Crippen molar-refractivity contribution in [2.45, 2.75) is 31.7 Å². The molecule has 0 saturated carbocycles. The van der Waals surface area contributed by atoms with Crippen molar-refractivity contribution in [2.75, 3.05) is 31.3 Å². The van der Waals surface area contributed by atoms with Crippen molar-refractivity contribution < 1.29 is 33.4 Å². The van der Waals surface area contributed by atoms with Gasteiger partial charge >= 0.3 is 5.97 Å². The molecule has 2 aromatic carbocycles. The lowest BCUT2D eigenvalue weighted by molar-refractivity contribution is -0.135. The molecule has 5 rings (SSSR count). The molecule has 3 aliphatic heterocycles. The Morgan fingerprint density at radius 3 is 2.53 bits per heavy atom. The summed E-state index contributed by atoms with van der Waals surface area (Å²) in [5.74, 6) is -0.213. The summed E-state index contributed by atoms with van der Waals surface area (Å²) in [6.45, 7) is 1.18. The van der Waals surface area contributed by atoms with E-state index >= 15 is 0 Å². The third-order valence-electron chi connectivity index (χ3n) is 6.24. The molecule has 2 fully saturated rings. The fourth-order valence-electron chi connectivity index (χ4n) is 4.61. The third kappa shape index (κ3) is 4.21. The third-order valence-corrected chi connectivity index (χ3v) is 6.24. The highest BCUT2D eigenvalue weighted by atomic mass is 16.6. The van der Waals surface area contributed by atoms with Crippen LogP contribution in [0.4, 0.5) is 5.69 Å². The normalized spacial score (nSPS) is 19.5. The Kier molecular flexibility index (Phi) is 5.91. The van der Waals surface area contributed by atoms with Gasteiger partial charge in [-0.15, -0.1) is 0 Å². The number of hydrogen-bond acceptors (Lipinski definition) is 7. The molecule has 0 N–H and O–H groups in total. The SMILES string of the molecule is O=C(OCC(=O)N1CCCC1c1ccc2c(c1)OCCO2)c1cccc(N2C(=O)CCC2=O)c1. The van der Waals surface area contributed by atoms with E-state index in [4.69, 9.17) is 14.2 Å². The van der Waals surface area contributed by atoms with Gasteiger partial charge in [0.25, 0.3) is 5.91 Å². The van der Waals surface area contributed by atoms with Gasteiger partial charge in [0.2, 0.25) is 11.8 Å². The van der Waals surface area contributed by atoms with Gasteiger partial charge in [0.15, 0.2) is 18.1 Å². The van der Waals surface area contributed by atoms with Crippen molar-refractivity contribution in [3.8, 4) is 11.5 Å². The van der Waals surface area contributed by atoms with Crippen LogP contribution in [0.3, 0.4) is 0 Å². The Hall–Kier alpha value is -3.88. The molecule has 0 radical (unpaired) electrons. The largest absolute Gasteiger partial charge is 0.486 e. The van der Waals surface area contributed by atoms with Crippen LogP contribution in [0.15, 0.2) is 42.5 Å². The fraction of sp³-hybridized carbons (Fsp3) is 0.360. The second-order valence-electron chi connectivity index (χ2n) is 8.40. The minimum absolute atomic E-state index is 0.127. The summed E-state index contributed by atoms with van der Waals surface area (Å²) in [7, 11) is 0. The average molecular weight is 464 g/mol. The van der Waals surface area contributed by atoms with Crippen molar-refractivity contribution in [2.24, 2.45) is 0 Å². The minimum Gasteiger partial charge on any atom is -0.486 e. The molecule has 0 bridgehead atoms. The van der Waals surface area contributed by atoms with E-state index in [1.54, 1.807) is 17.0 Å². The molecule has 3 amide bonds. The first-order valence-electron chi connectivity index (χ1n) is 11.3. The number of fused-ring (bicyclic) bond motifs is 1. The number of esters is 1. The van der Waals surface area contributed by atoms with Crippen LogP contribution < -0.4 is 14.4 Å². The van der Waals surface area contributed by atoms with Crippen LogP contribution in [-0.4, -0.2) is 55.0 Å². The maximum absolute atomic E-state index is 12.9. The monoisotopic (exact) mass is 464 g/mol. The molecule has 34 heavy (non-hydrogen) atoms. The summed E-state index contributed by atoms with van der Waals surface area (Å²) in [6, 6.07) is 11.7. The zero-order chi connectivity index (χ0) is 23.7. The van der Waals surface area contributed by atoms with Crippen LogP contribution in [0, 0.1) is 0 Å². The first kappa shape index (κ1) is 21.9. The molecular formula is C25H24N2O7. The van der Waals surface area contributed by atoms with Gasteiger partial charge in [0, 0.05) is 19.4 Å². The Balaban J connectivity index is 1.23. The maximum atomic E-state index is 12.9. The highest BCUT2D eigenvalue weighted by molar-refractivity contribution is 6.20. The molecule has 1 unspecified atom stereocenters. The second kappa shape index (κ2) is 9.17. The van der Waals surface area contributed by atoms with Gasteiger partial charge in [-0.1, -0.05) is 12.1 Å². The predicted molar refractivity (Wildman–Crippen MR) is 120 cm³/mol. The summed E-state index contributed by atoms with van der Waals surface area (Å²) in [4.78, 5) is 52.3. The van der Waals surface area contributed by atoms with Gasteiger partial charge < -0.3 is 19.1 Å². The molecule has 2 aromatic rings. The zero-order valence-electron chi connectivity index (χ0n) is 18.5. The Bertz CT molecular complexity index is 1150. The van der Waals surface area contributed by atoms with E-state index in [-0.39, 0.29) is 42.2 Å². The van der Waals surface area contributed by atoms with Crippen molar-refractivity contribution in [1.29, 1.82) is 0 Å². The number of hydrogen-bond donors (Lipinski definition) is 0. The topological polar surface area (TPSA) is 102 Å². The number of ether oxygens (including phenoxy) is 3. The Morgan fingerprint density at radius 2 is 1.74 bits per heavy atom. The maximum Gasteiger partial charge on any atom is 0.338 e. The molecule has 0 aromatic heterocycles. The molecular weight excluding hydrogens is 440 g/mol. The molecule has 9 heteroatoms. The number of amides is 3. The lowest BCUT2D eigenvalue weighted by Crippen LogP contribution is -2.34. The van der Waals surface area contributed by atoms with E-state index in [0.29, 0.717) is 36.9 Å². The highest BCUT2D eigenvalue weighted by Crippen LogP contribution is 2.38. The lowest BCUT2D eigenvalue weighted by Gasteiger charge is -2.26. The minimum atomic E-state index is -0.690. The van der Waals surface area contributed by atoms with Crippen LogP contribution >= 0.6 is 0 Å². The van der Waals surface area contributed by atoms with Gasteiger partial charge in [-0.25, -0.2) is 4.79 Å². The lowest BCUT2D eigenvalue weighted by atomic mass is 10.0. The number of benzene rings is 2. The van der Waals surface area contributed by atoms with Crippen LogP contribution in [-0.2, 0) is 19.1 Å². The molecule has 9 nitrogen and oxygen atoms in total. The molecule has 0 aliphatic carbocycles. The van der Waals surface area contributed by atoms with E-state index in [1.807, 2.05) is 18.2 Å². The predicted octanol–water partition coefficient (Wildman–Crippen LogP) is 2.63. The van der Waals surface area contributed by atoms with Gasteiger partial charge in [-0.05, 0) is 48.7 Å². The Labute approximate surface area is 196 Å². The molecule has 3 aliphatic rings. The van der Waals surface area contributed by atoms with Crippen molar-refractivity contribution in [3.05, 3.63) is 53.6 Å². The summed E-state index contributed by atoms with van der Waals surface area (Å²) >= 11 is 0. The second-order valence-corrected chi connectivity index (χ2v) is 8.40. The van der Waals surface area contributed by atoms with Gasteiger partial charge in [0.05, 0.1) is 17.3 Å².